The van der Waals surface area contributed by atoms with Gasteiger partial charge in [-0.3, -0.25) is 10.1 Å². The van der Waals surface area contributed by atoms with Gasteiger partial charge in [-0.1, -0.05) is 11.6 Å². The van der Waals surface area contributed by atoms with E-state index in [0.29, 0.717) is 37.3 Å². The Bertz CT molecular complexity index is 981. The van der Waals surface area contributed by atoms with Crippen molar-refractivity contribution in [3.63, 3.8) is 0 Å². The largest absolute Gasteiger partial charge is 0.362 e. The van der Waals surface area contributed by atoms with Crippen LogP contribution in [0.4, 0.5) is 26.0 Å². The van der Waals surface area contributed by atoms with Crippen LogP contribution in [0.25, 0.3) is 0 Å². The van der Waals surface area contributed by atoms with E-state index in [1.165, 1.54) is 12.3 Å². The lowest BCUT2D eigenvalue weighted by atomic mass is 10.2. The Balaban J connectivity index is 1.82. The zero-order valence-corrected chi connectivity index (χ0v) is 15.9. The second-order valence-corrected chi connectivity index (χ2v) is 8.38. The molecule has 0 unspecified atom stereocenters. The third-order valence-electron chi connectivity index (χ3n) is 4.36. The van der Waals surface area contributed by atoms with Crippen LogP contribution in [-0.4, -0.2) is 50.3 Å². The van der Waals surface area contributed by atoms with E-state index >= 15 is 0 Å². The Labute approximate surface area is 164 Å². The van der Waals surface area contributed by atoms with Crippen molar-refractivity contribution in [3.8, 4) is 0 Å². The summed E-state index contributed by atoms with van der Waals surface area (Å²) in [7, 11) is -4.91. The SMILES string of the molecule is O=[N+]([O-])c1cc(S(=O)(=O)C(F)F)ccc1N1CCN(c2ccc(Cl)cn2)CC1. The molecule has 0 amide bonds. The molecule has 1 aliphatic heterocycles. The van der Waals surface area contributed by atoms with Gasteiger partial charge in [-0.25, -0.2) is 13.4 Å². The molecule has 2 heterocycles. The lowest BCUT2D eigenvalue weighted by Crippen LogP contribution is -2.47. The number of rotatable bonds is 5. The summed E-state index contributed by atoms with van der Waals surface area (Å²) < 4.78 is 48.7. The fourth-order valence-electron chi connectivity index (χ4n) is 2.93. The van der Waals surface area contributed by atoms with Crippen LogP contribution in [-0.2, 0) is 9.84 Å². The molecule has 0 radical (unpaired) electrons. The Kier molecular flexibility index (Phi) is 5.66. The molecular formula is C16H15ClF2N4O4S. The van der Waals surface area contributed by atoms with Gasteiger partial charge >= 0.3 is 5.76 Å². The molecule has 1 saturated heterocycles. The van der Waals surface area contributed by atoms with Crippen molar-refractivity contribution in [2.75, 3.05) is 36.0 Å². The molecule has 0 saturated carbocycles. The van der Waals surface area contributed by atoms with Gasteiger partial charge in [0.15, 0.2) is 0 Å². The van der Waals surface area contributed by atoms with Gasteiger partial charge in [-0.15, -0.1) is 0 Å². The molecule has 0 spiro atoms. The fourth-order valence-corrected chi connectivity index (χ4v) is 3.78. The van der Waals surface area contributed by atoms with Gasteiger partial charge in [0, 0.05) is 38.4 Å². The highest BCUT2D eigenvalue weighted by atomic mass is 35.5. The zero-order valence-electron chi connectivity index (χ0n) is 14.3. The van der Waals surface area contributed by atoms with Gasteiger partial charge in [-0.2, -0.15) is 8.78 Å². The predicted molar refractivity (Wildman–Crippen MR) is 100.0 cm³/mol. The molecule has 1 aliphatic rings. The van der Waals surface area contributed by atoms with Crippen LogP contribution < -0.4 is 9.80 Å². The third-order valence-corrected chi connectivity index (χ3v) is 5.97. The van der Waals surface area contributed by atoms with Crippen LogP contribution in [0.2, 0.25) is 5.02 Å². The predicted octanol–water partition coefficient (Wildman–Crippen LogP) is 2.97. The molecule has 12 heteroatoms. The number of benzene rings is 1. The van der Waals surface area contributed by atoms with E-state index in [2.05, 4.69) is 4.98 Å². The lowest BCUT2D eigenvalue weighted by molar-refractivity contribution is -0.384. The van der Waals surface area contributed by atoms with Crippen molar-refractivity contribution in [3.05, 3.63) is 51.7 Å². The third kappa shape index (κ3) is 3.99. The second-order valence-electron chi connectivity index (χ2n) is 6.02. The number of hydrogen-bond acceptors (Lipinski definition) is 7. The van der Waals surface area contributed by atoms with E-state index in [-0.39, 0.29) is 5.69 Å². The number of sulfone groups is 1. The highest BCUT2D eigenvalue weighted by Gasteiger charge is 2.31. The number of piperazine rings is 1. The first-order valence-corrected chi connectivity index (χ1v) is 10.0. The minimum absolute atomic E-state index is 0.182. The summed E-state index contributed by atoms with van der Waals surface area (Å²) in [6.07, 6.45) is 1.52. The average Bonchev–Trinajstić information content (AvgIpc) is 2.68. The summed E-state index contributed by atoms with van der Waals surface area (Å²) in [6, 6.07) is 6.33. The van der Waals surface area contributed by atoms with E-state index in [9.17, 15) is 27.3 Å². The molecule has 3 rings (SSSR count). The fraction of sp³-hybridized carbons (Fsp3) is 0.312. The molecule has 1 fully saturated rings. The molecule has 0 aliphatic carbocycles. The van der Waals surface area contributed by atoms with Crippen molar-refractivity contribution in [1.29, 1.82) is 0 Å². The van der Waals surface area contributed by atoms with Crippen LogP contribution in [0, 0.1) is 10.1 Å². The number of alkyl halides is 2. The van der Waals surface area contributed by atoms with E-state index in [4.69, 9.17) is 11.6 Å². The van der Waals surface area contributed by atoms with E-state index in [1.807, 2.05) is 4.90 Å². The summed E-state index contributed by atoms with van der Waals surface area (Å²) in [5, 5.41) is 11.9. The van der Waals surface area contributed by atoms with Crippen LogP contribution in [0.15, 0.2) is 41.4 Å². The highest BCUT2D eigenvalue weighted by molar-refractivity contribution is 7.91. The molecule has 0 atom stereocenters. The van der Waals surface area contributed by atoms with Gasteiger partial charge in [-0.05, 0) is 24.3 Å². The van der Waals surface area contributed by atoms with Crippen molar-refractivity contribution in [2.24, 2.45) is 0 Å². The van der Waals surface area contributed by atoms with E-state index in [0.717, 1.165) is 11.9 Å². The van der Waals surface area contributed by atoms with Gasteiger partial charge in [0.25, 0.3) is 5.69 Å². The summed E-state index contributed by atoms with van der Waals surface area (Å²) in [6.45, 7) is 1.85. The first kappa shape index (κ1) is 20.2. The summed E-state index contributed by atoms with van der Waals surface area (Å²) in [4.78, 5) is 17.8. The van der Waals surface area contributed by atoms with Crippen LogP contribution in [0.1, 0.15) is 0 Å². The van der Waals surface area contributed by atoms with Crippen molar-refractivity contribution >= 4 is 38.6 Å². The van der Waals surface area contributed by atoms with Crippen LogP contribution in [0.3, 0.4) is 0 Å². The maximum absolute atomic E-state index is 12.7. The molecule has 150 valence electrons. The zero-order chi connectivity index (χ0) is 20.5. The van der Waals surface area contributed by atoms with E-state index in [1.54, 1.807) is 17.0 Å². The summed E-state index contributed by atoms with van der Waals surface area (Å²) in [5.41, 5.74) is -0.346. The molecule has 2 aromatic rings. The Morgan fingerprint density at radius 1 is 1.11 bits per heavy atom. The number of halogens is 3. The molecular weight excluding hydrogens is 418 g/mol. The van der Waals surface area contributed by atoms with Crippen LogP contribution in [0.5, 0.6) is 0 Å². The van der Waals surface area contributed by atoms with Crippen LogP contribution >= 0.6 is 11.6 Å². The first-order chi connectivity index (χ1) is 13.2. The topological polar surface area (TPSA) is 96.6 Å². The molecule has 1 aromatic carbocycles. The molecule has 1 aromatic heterocycles. The number of nitro benzene ring substituents is 1. The number of anilines is 2. The number of nitrogens with zero attached hydrogens (tertiary/aromatic N) is 4. The highest BCUT2D eigenvalue weighted by Crippen LogP contribution is 2.33. The van der Waals surface area contributed by atoms with Crippen molar-refractivity contribution in [2.45, 2.75) is 10.7 Å². The smallest absolute Gasteiger partial charge is 0.341 e. The molecule has 28 heavy (non-hydrogen) atoms. The Hall–Kier alpha value is -2.53. The Morgan fingerprint density at radius 3 is 2.29 bits per heavy atom. The number of nitro groups is 1. The van der Waals surface area contributed by atoms with Gasteiger partial charge in [0.05, 0.1) is 14.8 Å². The molecule has 8 nitrogen and oxygen atoms in total. The second kappa shape index (κ2) is 7.84. The van der Waals surface area contributed by atoms with Crippen molar-refractivity contribution in [1.82, 2.24) is 4.98 Å². The standard InChI is InChI=1S/C16H15ClF2N4O4S/c17-11-1-4-15(20-10-11)22-7-5-21(6-8-22)13-3-2-12(9-14(13)23(24)25)28(26,27)16(18)19/h1-4,9-10,16H,5-8H2. The minimum atomic E-state index is -4.91. The number of pyridine rings is 1. The van der Waals surface area contributed by atoms with Gasteiger partial charge in [0.1, 0.15) is 11.5 Å². The van der Waals surface area contributed by atoms with Gasteiger partial charge < -0.3 is 9.80 Å². The molecule has 0 N–H and O–H groups in total. The summed E-state index contributed by atoms with van der Waals surface area (Å²) in [5.74, 6) is -2.93. The molecule has 0 bridgehead atoms. The normalized spacial score (nSPS) is 15.1. The van der Waals surface area contributed by atoms with Crippen molar-refractivity contribution < 1.29 is 22.1 Å². The monoisotopic (exact) mass is 432 g/mol. The number of hydrogen-bond donors (Lipinski definition) is 0. The Morgan fingerprint density at radius 2 is 1.75 bits per heavy atom. The average molecular weight is 433 g/mol. The maximum Gasteiger partial charge on any atom is 0.341 e. The quantitative estimate of drug-likeness (QED) is 0.529. The first-order valence-electron chi connectivity index (χ1n) is 8.12. The summed E-state index contributed by atoms with van der Waals surface area (Å²) >= 11 is 5.82. The van der Waals surface area contributed by atoms with E-state index < -0.39 is 31.1 Å². The lowest BCUT2D eigenvalue weighted by Gasteiger charge is -2.36. The van der Waals surface area contributed by atoms with Gasteiger partial charge in [0.2, 0.25) is 9.84 Å². The minimum Gasteiger partial charge on any atom is -0.362 e. The number of aromatic nitrogens is 1. The maximum atomic E-state index is 12.7.